The molecule has 1 aliphatic heterocycles. The quantitative estimate of drug-likeness (QED) is 0.912. The van der Waals surface area contributed by atoms with Crippen molar-refractivity contribution in [3.63, 3.8) is 0 Å². The molecular formula is C14H16FN3O. The number of nitrogens with zero attached hydrogens (tertiary/aromatic N) is 3. The van der Waals surface area contributed by atoms with Gasteiger partial charge in [0.25, 0.3) is 0 Å². The predicted octanol–water partition coefficient (Wildman–Crippen LogP) is 1.56. The van der Waals surface area contributed by atoms with Crippen molar-refractivity contribution in [1.29, 1.82) is 0 Å². The Bertz CT molecular complexity index is 565. The van der Waals surface area contributed by atoms with Crippen LogP contribution in [0.3, 0.4) is 0 Å². The van der Waals surface area contributed by atoms with Crippen molar-refractivity contribution in [3.8, 4) is 0 Å². The summed E-state index contributed by atoms with van der Waals surface area (Å²) in [4.78, 5) is 4.51. The second-order valence-corrected chi connectivity index (χ2v) is 5.02. The van der Waals surface area contributed by atoms with E-state index in [9.17, 15) is 9.50 Å². The first-order valence-electron chi connectivity index (χ1n) is 6.52. The number of hydrogen-bond donors (Lipinski definition) is 1. The van der Waals surface area contributed by atoms with Crippen molar-refractivity contribution in [3.05, 3.63) is 47.3 Å². The number of aryl methyl sites for hydroxylation is 1. The Morgan fingerprint density at radius 1 is 1.32 bits per heavy atom. The van der Waals surface area contributed by atoms with Crippen LogP contribution in [-0.4, -0.2) is 26.5 Å². The lowest BCUT2D eigenvalue weighted by Crippen LogP contribution is -2.23. The first-order valence-corrected chi connectivity index (χ1v) is 6.52. The molecule has 19 heavy (non-hydrogen) atoms. The minimum Gasteiger partial charge on any atom is -0.396 e. The Morgan fingerprint density at radius 2 is 2.11 bits per heavy atom. The van der Waals surface area contributed by atoms with E-state index in [1.54, 1.807) is 12.1 Å². The summed E-state index contributed by atoms with van der Waals surface area (Å²) in [6.45, 7) is 0.939. The molecule has 5 heteroatoms. The second-order valence-electron chi connectivity index (χ2n) is 5.02. The van der Waals surface area contributed by atoms with Crippen LogP contribution in [0.5, 0.6) is 0 Å². The lowest BCUT2D eigenvalue weighted by molar-refractivity contribution is 0.185. The van der Waals surface area contributed by atoms with Gasteiger partial charge in [-0.1, -0.05) is 12.1 Å². The number of fused-ring (bicyclic) bond motifs is 1. The summed E-state index contributed by atoms with van der Waals surface area (Å²) in [5.41, 5.74) is 1.00. The van der Waals surface area contributed by atoms with Crippen LogP contribution in [0.2, 0.25) is 0 Å². The highest BCUT2D eigenvalue weighted by atomic mass is 19.1. The molecule has 4 nitrogen and oxygen atoms in total. The Kier molecular flexibility index (Phi) is 3.29. The molecule has 0 saturated carbocycles. The summed E-state index contributed by atoms with van der Waals surface area (Å²) < 4.78 is 14.7. The van der Waals surface area contributed by atoms with E-state index in [-0.39, 0.29) is 18.3 Å². The molecule has 2 heterocycles. The molecule has 1 aliphatic rings. The molecule has 0 aliphatic carbocycles. The van der Waals surface area contributed by atoms with Crippen LogP contribution in [-0.2, 0) is 19.4 Å². The second kappa shape index (κ2) is 5.09. The molecule has 100 valence electrons. The zero-order chi connectivity index (χ0) is 13.2. The van der Waals surface area contributed by atoms with Crippen molar-refractivity contribution in [2.24, 2.45) is 5.92 Å². The standard InChI is InChI=1S/C14H16FN3O/c15-12-4-1-10(2-5-12)7-13-16-14-6-3-11(9-19)8-18(14)17-13/h1-2,4-5,11,19H,3,6-9H2. The number of aliphatic hydroxyl groups excluding tert-OH is 1. The molecule has 0 spiro atoms. The van der Waals surface area contributed by atoms with Crippen molar-refractivity contribution < 1.29 is 9.50 Å². The maximum absolute atomic E-state index is 12.8. The van der Waals surface area contributed by atoms with Gasteiger partial charge >= 0.3 is 0 Å². The Labute approximate surface area is 110 Å². The third kappa shape index (κ3) is 2.66. The number of hydrogen-bond acceptors (Lipinski definition) is 3. The minimum atomic E-state index is -0.230. The van der Waals surface area contributed by atoms with Crippen LogP contribution < -0.4 is 0 Å². The minimum absolute atomic E-state index is 0.201. The predicted molar refractivity (Wildman–Crippen MR) is 68.1 cm³/mol. The first-order chi connectivity index (χ1) is 9.24. The number of rotatable bonds is 3. The van der Waals surface area contributed by atoms with Crippen molar-refractivity contribution in [2.75, 3.05) is 6.61 Å². The van der Waals surface area contributed by atoms with Crippen LogP contribution in [0.15, 0.2) is 24.3 Å². The molecule has 0 radical (unpaired) electrons. The lowest BCUT2D eigenvalue weighted by atomic mass is 10.0. The molecule has 1 atom stereocenters. The van der Waals surface area contributed by atoms with Gasteiger partial charge in [0.2, 0.25) is 0 Å². The molecule has 0 amide bonds. The monoisotopic (exact) mass is 261 g/mol. The van der Waals surface area contributed by atoms with E-state index >= 15 is 0 Å². The van der Waals surface area contributed by atoms with Gasteiger partial charge in [0.05, 0.1) is 0 Å². The SMILES string of the molecule is OCC1CCc2nc(Cc3ccc(F)cc3)nn2C1. The van der Waals surface area contributed by atoms with Crippen molar-refractivity contribution in [1.82, 2.24) is 14.8 Å². The highest BCUT2D eigenvalue weighted by molar-refractivity contribution is 5.19. The maximum atomic E-state index is 12.8. The fourth-order valence-corrected chi connectivity index (χ4v) is 2.44. The fourth-order valence-electron chi connectivity index (χ4n) is 2.44. The number of halogens is 1. The van der Waals surface area contributed by atoms with E-state index in [0.717, 1.165) is 36.6 Å². The van der Waals surface area contributed by atoms with Crippen LogP contribution in [0, 0.1) is 11.7 Å². The lowest BCUT2D eigenvalue weighted by Gasteiger charge is -2.19. The van der Waals surface area contributed by atoms with Gasteiger partial charge < -0.3 is 5.11 Å². The smallest absolute Gasteiger partial charge is 0.155 e. The van der Waals surface area contributed by atoms with Gasteiger partial charge in [-0.15, -0.1) is 0 Å². The average Bonchev–Trinajstić information content (AvgIpc) is 2.82. The molecule has 0 saturated heterocycles. The van der Waals surface area contributed by atoms with E-state index in [4.69, 9.17) is 0 Å². The third-order valence-electron chi connectivity index (χ3n) is 3.53. The van der Waals surface area contributed by atoms with Gasteiger partial charge in [0, 0.05) is 31.9 Å². The number of benzene rings is 1. The van der Waals surface area contributed by atoms with Gasteiger partial charge in [0.15, 0.2) is 5.82 Å². The molecule has 2 aromatic rings. The molecule has 1 aromatic heterocycles. The Morgan fingerprint density at radius 3 is 2.84 bits per heavy atom. The first kappa shape index (κ1) is 12.3. The topological polar surface area (TPSA) is 50.9 Å². The van der Waals surface area contributed by atoms with Crippen LogP contribution in [0.25, 0.3) is 0 Å². The van der Waals surface area contributed by atoms with E-state index in [2.05, 4.69) is 10.1 Å². The Balaban J connectivity index is 1.76. The van der Waals surface area contributed by atoms with Crippen molar-refractivity contribution >= 4 is 0 Å². The van der Waals surface area contributed by atoms with E-state index < -0.39 is 0 Å². The van der Waals surface area contributed by atoms with Gasteiger partial charge in [0.1, 0.15) is 11.6 Å². The van der Waals surface area contributed by atoms with Crippen LogP contribution >= 0.6 is 0 Å². The average molecular weight is 261 g/mol. The van der Waals surface area contributed by atoms with Gasteiger partial charge in [-0.05, 0) is 24.1 Å². The number of aromatic nitrogens is 3. The highest BCUT2D eigenvalue weighted by Crippen LogP contribution is 2.18. The third-order valence-corrected chi connectivity index (χ3v) is 3.53. The summed E-state index contributed by atoms with van der Waals surface area (Å²) >= 11 is 0. The normalized spacial score (nSPS) is 18.3. The summed E-state index contributed by atoms with van der Waals surface area (Å²) in [6.07, 6.45) is 2.44. The summed E-state index contributed by atoms with van der Waals surface area (Å²) in [5, 5.41) is 13.7. The van der Waals surface area contributed by atoms with Crippen LogP contribution in [0.4, 0.5) is 4.39 Å². The molecule has 1 aromatic carbocycles. The van der Waals surface area contributed by atoms with E-state index in [0.29, 0.717) is 6.42 Å². The molecule has 0 bridgehead atoms. The summed E-state index contributed by atoms with van der Waals surface area (Å²) in [5.74, 6) is 1.81. The van der Waals surface area contributed by atoms with Gasteiger partial charge in [-0.25, -0.2) is 14.1 Å². The zero-order valence-electron chi connectivity index (χ0n) is 10.6. The zero-order valence-corrected chi connectivity index (χ0v) is 10.6. The Hall–Kier alpha value is -1.75. The fraction of sp³-hybridized carbons (Fsp3) is 0.429. The molecular weight excluding hydrogens is 245 g/mol. The van der Waals surface area contributed by atoms with Crippen LogP contribution in [0.1, 0.15) is 23.6 Å². The van der Waals surface area contributed by atoms with E-state index in [1.807, 2.05) is 4.68 Å². The van der Waals surface area contributed by atoms with E-state index in [1.165, 1.54) is 12.1 Å². The molecule has 3 rings (SSSR count). The maximum Gasteiger partial charge on any atom is 0.155 e. The van der Waals surface area contributed by atoms with Gasteiger partial charge in [-0.2, -0.15) is 5.10 Å². The number of aliphatic hydroxyl groups is 1. The molecule has 1 unspecified atom stereocenters. The largest absolute Gasteiger partial charge is 0.396 e. The molecule has 0 fully saturated rings. The molecule has 1 N–H and O–H groups in total. The summed E-state index contributed by atoms with van der Waals surface area (Å²) in [7, 11) is 0. The van der Waals surface area contributed by atoms with Gasteiger partial charge in [-0.3, -0.25) is 0 Å². The highest BCUT2D eigenvalue weighted by Gasteiger charge is 2.20. The summed E-state index contributed by atoms with van der Waals surface area (Å²) in [6, 6.07) is 6.41. The van der Waals surface area contributed by atoms with Crippen molar-refractivity contribution in [2.45, 2.75) is 25.8 Å².